The van der Waals surface area contributed by atoms with Gasteiger partial charge in [0, 0.05) is 38.8 Å². The lowest BCUT2D eigenvalue weighted by Crippen LogP contribution is -2.16. The minimum Gasteiger partial charge on any atom is -0.354 e. The van der Waals surface area contributed by atoms with E-state index in [2.05, 4.69) is 188 Å². The van der Waals surface area contributed by atoms with Crippen molar-refractivity contribution in [3.05, 3.63) is 139 Å². The SMILES string of the molecule is Cc1cc(C)c(-c2c3nc(c(C#C[Si](C)(C)C)c4nc(c(-c5c(C)cc(C)cc5C)c5ccc([nH]5)c(-c5c(C)cc(C)cc5C)c5ccc2[nH]5)C=C4)C=C3)c(C)c1. The smallest absolute Gasteiger partial charge is 0.129 e. The molecule has 0 saturated heterocycles. The third-order valence-electron chi connectivity index (χ3n) is 11.1. The molecule has 0 amide bonds. The van der Waals surface area contributed by atoms with Crippen molar-refractivity contribution in [2.45, 2.75) is 82.0 Å². The Bertz CT molecular complexity index is 2760. The second kappa shape index (κ2) is 14.2. The van der Waals surface area contributed by atoms with Crippen LogP contribution in [0.3, 0.4) is 0 Å². The standard InChI is InChI=1S/C52H52N4Si/c1-29-23-32(4)47(33(5)24-29)50-41-15-13-39(53-41)38(21-22-57(10,11)12)40-14-16-42(54-40)51(48-34(6)25-30(2)26-35(48)7)44-18-20-46(56-44)52(45-19-17-43(50)55-45)49-36(8)27-31(3)28-37(49)9/h13-20,23-28,55-56H,1-12H3. The highest BCUT2D eigenvalue weighted by molar-refractivity contribution is 6.83. The Hall–Kier alpha value is -5.96. The van der Waals surface area contributed by atoms with Crippen molar-refractivity contribution in [2.75, 3.05) is 0 Å². The molecule has 0 aliphatic carbocycles. The summed E-state index contributed by atoms with van der Waals surface area (Å²) >= 11 is 0. The lowest BCUT2D eigenvalue weighted by molar-refractivity contribution is 1.25. The van der Waals surface area contributed by atoms with Gasteiger partial charge in [0.15, 0.2) is 0 Å². The van der Waals surface area contributed by atoms with E-state index in [4.69, 9.17) is 9.97 Å². The molecule has 284 valence electrons. The van der Waals surface area contributed by atoms with Crippen molar-refractivity contribution in [3.8, 4) is 44.8 Å². The number of aryl methyl sites for hydroxylation is 9. The topological polar surface area (TPSA) is 57.4 Å². The highest BCUT2D eigenvalue weighted by Crippen LogP contribution is 2.41. The van der Waals surface area contributed by atoms with E-state index in [1.54, 1.807) is 0 Å². The van der Waals surface area contributed by atoms with Crippen LogP contribution in [-0.2, 0) is 0 Å². The van der Waals surface area contributed by atoms with Gasteiger partial charge in [-0.15, -0.1) is 5.54 Å². The zero-order valence-corrected chi connectivity index (χ0v) is 36.5. The number of nitrogens with zero attached hydrogens (tertiary/aromatic N) is 2. The Morgan fingerprint density at radius 3 is 1.04 bits per heavy atom. The maximum absolute atomic E-state index is 5.45. The number of aromatic amines is 2. The number of hydrogen-bond acceptors (Lipinski definition) is 2. The molecule has 3 aromatic heterocycles. The maximum Gasteiger partial charge on any atom is 0.129 e. The molecular formula is C52H52N4Si. The van der Waals surface area contributed by atoms with Crippen LogP contribution in [0.4, 0.5) is 0 Å². The molecule has 0 saturated carbocycles. The molecule has 0 unspecified atom stereocenters. The van der Waals surface area contributed by atoms with E-state index in [1.165, 1.54) is 66.8 Å². The van der Waals surface area contributed by atoms with E-state index in [-0.39, 0.29) is 0 Å². The summed E-state index contributed by atoms with van der Waals surface area (Å²) in [7, 11) is -1.76. The van der Waals surface area contributed by atoms with Crippen LogP contribution >= 0.6 is 0 Å². The third kappa shape index (κ3) is 7.04. The van der Waals surface area contributed by atoms with Crippen LogP contribution in [-0.4, -0.2) is 28.0 Å². The van der Waals surface area contributed by atoms with Gasteiger partial charge in [-0.05, 0) is 161 Å². The van der Waals surface area contributed by atoms with Crippen LogP contribution in [0.1, 0.15) is 78.4 Å². The number of H-pyrrole nitrogens is 2. The van der Waals surface area contributed by atoms with Gasteiger partial charge >= 0.3 is 0 Å². The van der Waals surface area contributed by atoms with Crippen LogP contribution in [0, 0.1) is 73.8 Å². The summed E-state index contributed by atoms with van der Waals surface area (Å²) in [5.41, 5.74) is 30.1. The molecule has 0 atom stereocenters. The molecule has 0 radical (unpaired) electrons. The molecule has 0 spiro atoms. The minimum atomic E-state index is -1.76. The first-order valence-corrected chi connectivity index (χ1v) is 23.5. The molecule has 4 nitrogen and oxygen atoms in total. The van der Waals surface area contributed by atoms with Gasteiger partial charge in [-0.25, -0.2) is 9.97 Å². The van der Waals surface area contributed by atoms with E-state index in [0.29, 0.717) is 0 Å². The number of nitrogens with one attached hydrogen (secondary N) is 2. The molecule has 2 aliphatic rings. The minimum absolute atomic E-state index is 0.837. The van der Waals surface area contributed by atoms with Crippen LogP contribution in [0.15, 0.2) is 60.7 Å². The van der Waals surface area contributed by atoms with E-state index >= 15 is 0 Å². The van der Waals surface area contributed by atoms with E-state index < -0.39 is 8.07 Å². The highest BCUT2D eigenvalue weighted by Gasteiger charge is 2.22. The molecule has 0 fully saturated rings. The van der Waals surface area contributed by atoms with Gasteiger partial charge in [-0.2, -0.15) is 0 Å². The Balaban J connectivity index is 1.63. The molecular weight excluding hydrogens is 709 g/mol. The first kappa shape index (κ1) is 37.9. The fraction of sp³-hybridized carbons (Fsp3) is 0.231. The number of rotatable bonds is 3. The predicted molar refractivity (Wildman–Crippen MR) is 248 cm³/mol. The van der Waals surface area contributed by atoms with Crippen LogP contribution in [0.25, 0.3) is 79.8 Å². The van der Waals surface area contributed by atoms with Crippen molar-refractivity contribution in [1.29, 1.82) is 0 Å². The lowest BCUT2D eigenvalue weighted by atomic mass is 9.92. The Kier molecular flexibility index (Phi) is 9.45. The fourth-order valence-electron chi connectivity index (χ4n) is 9.10. The summed E-state index contributed by atoms with van der Waals surface area (Å²) in [6, 6.07) is 22.6. The third-order valence-corrected chi connectivity index (χ3v) is 12.0. The number of benzene rings is 3. The lowest BCUT2D eigenvalue weighted by Gasteiger charge is -2.14. The molecule has 5 heteroatoms. The molecule has 57 heavy (non-hydrogen) atoms. The summed E-state index contributed by atoms with van der Waals surface area (Å²) in [6.07, 6.45) is 8.58. The van der Waals surface area contributed by atoms with Gasteiger partial charge in [0.1, 0.15) is 8.07 Å². The quantitative estimate of drug-likeness (QED) is 0.139. The van der Waals surface area contributed by atoms with Gasteiger partial charge in [0.05, 0.1) is 28.3 Å². The molecule has 8 bridgehead atoms. The molecule has 3 aromatic carbocycles. The molecule has 6 aromatic rings. The van der Waals surface area contributed by atoms with Crippen molar-refractivity contribution >= 4 is 54.4 Å². The van der Waals surface area contributed by atoms with E-state index in [0.717, 1.165) is 67.1 Å². The fourth-order valence-corrected chi connectivity index (χ4v) is 9.60. The summed E-state index contributed by atoms with van der Waals surface area (Å²) in [5, 5.41) is 0. The monoisotopic (exact) mass is 760 g/mol. The van der Waals surface area contributed by atoms with E-state index in [1.807, 2.05) is 0 Å². The van der Waals surface area contributed by atoms with Gasteiger partial charge in [-0.3, -0.25) is 0 Å². The number of aromatic nitrogens is 4. The Morgan fingerprint density at radius 2 is 0.702 bits per heavy atom. The molecule has 5 heterocycles. The number of fused-ring (bicyclic) bond motifs is 8. The number of hydrogen-bond donors (Lipinski definition) is 2. The highest BCUT2D eigenvalue weighted by atomic mass is 28.3. The zero-order valence-electron chi connectivity index (χ0n) is 35.5. The average molecular weight is 761 g/mol. The van der Waals surface area contributed by atoms with Crippen LogP contribution < -0.4 is 0 Å². The van der Waals surface area contributed by atoms with Crippen molar-refractivity contribution < 1.29 is 0 Å². The largest absolute Gasteiger partial charge is 0.354 e. The van der Waals surface area contributed by atoms with Crippen molar-refractivity contribution in [1.82, 2.24) is 19.9 Å². The van der Waals surface area contributed by atoms with Crippen LogP contribution in [0.5, 0.6) is 0 Å². The normalized spacial score (nSPS) is 12.3. The summed E-state index contributed by atoms with van der Waals surface area (Å²) < 4.78 is 0. The molecule has 2 aliphatic heterocycles. The predicted octanol–water partition coefficient (Wildman–Crippen LogP) is 13.7. The second-order valence-electron chi connectivity index (χ2n) is 17.3. The van der Waals surface area contributed by atoms with Gasteiger partial charge in [0.25, 0.3) is 0 Å². The van der Waals surface area contributed by atoms with E-state index in [9.17, 15) is 0 Å². The second-order valence-corrected chi connectivity index (χ2v) is 22.1. The first-order chi connectivity index (χ1) is 27.1. The molecule has 2 N–H and O–H groups in total. The average Bonchev–Trinajstić information content (AvgIpc) is 3.94. The summed E-state index contributed by atoms with van der Waals surface area (Å²) in [5.74, 6) is 3.63. The van der Waals surface area contributed by atoms with Gasteiger partial charge in [0.2, 0.25) is 0 Å². The zero-order chi connectivity index (χ0) is 40.5. The molecule has 8 rings (SSSR count). The van der Waals surface area contributed by atoms with Gasteiger partial charge in [-0.1, -0.05) is 78.7 Å². The van der Waals surface area contributed by atoms with Crippen molar-refractivity contribution in [2.24, 2.45) is 0 Å². The van der Waals surface area contributed by atoms with Gasteiger partial charge < -0.3 is 9.97 Å². The Morgan fingerprint density at radius 1 is 0.404 bits per heavy atom. The summed E-state index contributed by atoms with van der Waals surface area (Å²) in [4.78, 5) is 18.8. The summed E-state index contributed by atoms with van der Waals surface area (Å²) in [6.45, 7) is 26.7. The van der Waals surface area contributed by atoms with Crippen molar-refractivity contribution in [3.63, 3.8) is 0 Å². The first-order valence-electron chi connectivity index (χ1n) is 20.0. The maximum atomic E-state index is 5.45. The van der Waals surface area contributed by atoms with Crippen LogP contribution in [0.2, 0.25) is 19.6 Å². The Labute approximate surface area is 338 Å².